The minimum absolute atomic E-state index is 0.0114. The number of halogens is 1. The largest absolute Gasteiger partial charge is 0.338 e. The van der Waals surface area contributed by atoms with E-state index in [9.17, 15) is 17.6 Å². The number of aromatic amines is 1. The number of amides is 1. The molecule has 3 heterocycles. The number of rotatable bonds is 4. The van der Waals surface area contributed by atoms with Gasteiger partial charge in [0.2, 0.25) is 11.9 Å². The Kier molecular flexibility index (Phi) is 4.29. The fourth-order valence-corrected chi connectivity index (χ4v) is 4.50. The van der Waals surface area contributed by atoms with Crippen molar-refractivity contribution in [2.75, 3.05) is 21.7 Å². The van der Waals surface area contributed by atoms with Crippen LogP contribution in [0.5, 0.6) is 0 Å². The van der Waals surface area contributed by atoms with E-state index in [1.807, 2.05) is 18.2 Å². The van der Waals surface area contributed by atoms with Crippen molar-refractivity contribution in [1.29, 1.82) is 0 Å². The fraction of sp³-hybridized carbons (Fsp3) is 0.0526. The zero-order valence-electron chi connectivity index (χ0n) is 15.7. The molecule has 10 nitrogen and oxygen atoms in total. The van der Waals surface area contributed by atoms with E-state index in [2.05, 4.69) is 36.1 Å². The maximum atomic E-state index is 14.3. The zero-order valence-corrected chi connectivity index (χ0v) is 16.5. The zero-order chi connectivity index (χ0) is 21.6. The minimum atomic E-state index is -3.70. The predicted molar refractivity (Wildman–Crippen MR) is 112 cm³/mol. The van der Waals surface area contributed by atoms with Crippen LogP contribution in [0, 0.1) is 5.82 Å². The summed E-state index contributed by atoms with van der Waals surface area (Å²) in [4.78, 5) is 19.7. The molecule has 12 heteroatoms. The van der Waals surface area contributed by atoms with Crippen molar-refractivity contribution in [1.82, 2.24) is 20.2 Å². The van der Waals surface area contributed by atoms with Gasteiger partial charge in [-0.2, -0.15) is 10.1 Å². The SMILES string of the molecule is O=C1CS(=O)(=O)c2ccc(Nc3nc(Nc4ccc5cn[nH]c5c4)ncc3F)cc2N1. The average molecular weight is 439 g/mol. The summed E-state index contributed by atoms with van der Waals surface area (Å²) in [7, 11) is -3.70. The molecule has 4 aromatic rings. The van der Waals surface area contributed by atoms with E-state index in [1.165, 1.54) is 18.2 Å². The molecule has 0 fully saturated rings. The lowest BCUT2D eigenvalue weighted by Gasteiger charge is -2.18. The first kappa shape index (κ1) is 18.9. The van der Waals surface area contributed by atoms with Gasteiger partial charge < -0.3 is 16.0 Å². The Morgan fingerprint density at radius 1 is 1.03 bits per heavy atom. The van der Waals surface area contributed by atoms with E-state index < -0.39 is 27.3 Å². The number of aromatic nitrogens is 4. The summed E-state index contributed by atoms with van der Waals surface area (Å²) >= 11 is 0. The quantitative estimate of drug-likeness (QED) is 0.380. The van der Waals surface area contributed by atoms with Crippen LogP contribution in [0.4, 0.5) is 33.2 Å². The molecule has 1 amide bonds. The summed E-state index contributed by atoms with van der Waals surface area (Å²) in [6, 6.07) is 9.71. The van der Waals surface area contributed by atoms with Gasteiger partial charge >= 0.3 is 0 Å². The van der Waals surface area contributed by atoms with Crippen LogP contribution < -0.4 is 16.0 Å². The molecule has 0 aliphatic carbocycles. The third kappa shape index (κ3) is 3.64. The fourth-order valence-electron chi connectivity index (χ4n) is 3.21. The topological polar surface area (TPSA) is 142 Å². The lowest BCUT2D eigenvalue weighted by atomic mass is 10.2. The van der Waals surface area contributed by atoms with Crippen molar-refractivity contribution in [3.63, 3.8) is 0 Å². The molecular formula is C19H14FN7O3S. The van der Waals surface area contributed by atoms with Gasteiger partial charge in [-0.25, -0.2) is 17.8 Å². The third-order valence-corrected chi connectivity index (χ3v) is 6.28. The van der Waals surface area contributed by atoms with Crippen LogP contribution in [-0.2, 0) is 14.6 Å². The highest BCUT2D eigenvalue weighted by molar-refractivity contribution is 7.92. The molecule has 1 aliphatic rings. The molecule has 1 aliphatic heterocycles. The lowest BCUT2D eigenvalue weighted by molar-refractivity contribution is -0.114. The second-order valence-corrected chi connectivity index (χ2v) is 8.79. The summed E-state index contributed by atoms with van der Waals surface area (Å²) in [5.41, 5.74) is 1.97. The number of nitrogens with one attached hydrogen (secondary N) is 4. The third-order valence-electron chi connectivity index (χ3n) is 4.61. The van der Waals surface area contributed by atoms with Crippen molar-refractivity contribution in [3.8, 4) is 0 Å². The van der Waals surface area contributed by atoms with E-state index in [0.717, 1.165) is 17.1 Å². The van der Waals surface area contributed by atoms with Crippen LogP contribution in [0.25, 0.3) is 10.9 Å². The maximum absolute atomic E-state index is 14.3. The van der Waals surface area contributed by atoms with Gasteiger partial charge in [-0.05, 0) is 36.4 Å². The summed E-state index contributed by atoms with van der Waals surface area (Å²) in [6.07, 6.45) is 2.71. The number of carbonyl (C=O) groups excluding carboxylic acids is 1. The predicted octanol–water partition coefficient (Wildman–Crippen LogP) is 2.71. The van der Waals surface area contributed by atoms with Crippen LogP contribution in [-0.4, -0.2) is 40.2 Å². The van der Waals surface area contributed by atoms with Gasteiger partial charge in [0.1, 0.15) is 5.75 Å². The second-order valence-electron chi connectivity index (χ2n) is 6.83. The Morgan fingerprint density at radius 3 is 2.71 bits per heavy atom. The minimum Gasteiger partial charge on any atom is -0.338 e. The monoisotopic (exact) mass is 439 g/mol. The number of anilines is 5. The first-order valence-electron chi connectivity index (χ1n) is 9.04. The molecule has 5 rings (SSSR count). The van der Waals surface area contributed by atoms with Gasteiger partial charge in [0.05, 0.1) is 28.5 Å². The van der Waals surface area contributed by atoms with Crippen molar-refractivity contribution in [2.24, 2.45) is 0 Å². The van der Waals surface area contributed by atoms with Crippen molar-refractivity contribution in [2.45, 2.75) is 4.90 Å². The van der Waals surface area contributed by atoms with E-state index in [1.54, 1.807) is 6.20 Å². The highest BCUT2D eigenvalue weighted by Gasteiger charge is 2.28. The smallest absolute Gasteiger partial charge is 0.239 e. The number of benzene rings is 2. The van der Waals surface area contributed by atoms with E-state index in [-0.39, 0.29) is 22.3 Å². The lowest BCUT2D eigenvalue weighted by Crippen LogP contribution is -2.29. The summed E-state index contributed by atoms with van der Waals surface area (Å²) < 4.78 is 38.5. The molecule has 31 heavy (non-hydrogen) atoms. The van der Waals surface area contributed by atoms with Gasteiger partial charge in [0.15, 0.2) is 21.5 Å². The molecule has 0 atom stereocenters. The Morgan fingerprint density at radius 2 is 1.84 bits per heavy atom. The molecule has 0 saturated carbocycles. The number of hydrogen-bond donors (Lipinski definition) is 4. The highest BCUT2D eigenvalue weighted by Crippen LogP contribution is 2.31. The van der Waals surface area contributed by atoms with Gasteiger partial charge in [-0.1, -0.05) is 0 Å². The average Bonchev–Trinajstić information content (AvgIpc) is 3.17. The molecule has 0 saturated heterocycles. The van der Waals surface area contributed by atoms with Gasteiger partial charge in [-0.3, -0.25) is 9.89 Å². The standard InChI is InChI=1S/C19H14FN7O3S/c20-13-8-21-19(24-12-2-1-10-7-22-27-14(10)5-12)26-18(13)23-11-3-4-16-15(6-11)25-17(28)9-31(16,29)30/h1-8H,9H2,(H,22,27)(H,25,28)(H2,21,23,24,26). The number of hydrogen-bond acceptors (Lipinski definition) is 8. The molecule has 4 N–H and O–H groups in total. The molecule has 156 valence electrons. The van der Waals surface area contributed by atoms with Crippen molar-refractivity contribution < 1.29 is 17.6 Å². The van der Waals surface area contributed by atoms with Gasteiger partial charge in [-0.15, -0.1) is 0 Å². The Balaban J connectivity index is 1.42. The van der Waals surface area contributed by atoms with Crippen LogP contribution in [0.2, 0.25) is 0 Å². The maximum Gasteiger partial charge on any atom is 0.239 e. The van der Waals surface area contributed by atoms with Crippen molar-refractivity contribution >= 4 is 55.5 Å². The van der Waals surface area contributed by atoms with Crippen LogP contribution >= 0.6 is 0 Å². The number of sulfone groups is 1. The van der Waals surface area contributed by atoms with Gasteiger partial charge in [0, 0.05) is 16.8 Å². The number of H-pyrrole nitrogens is 1. The molecular weight excluding hydrogens is 425 g/mol. The normalized spacial score (nSPS) is 14.7. The van der Waals surface area contributed by atoms with E-state index >= 15 is 0 Å². The van der Waals surface area contributed by atoms with Crippen LogP contribution in [0.15, 0.2) is 53.7 Å². The molecule has 0 radical (unpaired) electrons. The first-order valence-corrected chi connectivity index (χ1v) is 10.7. The molecule has 0 bridgehead atoms. The van der Waals surface area contributed by atoms with E-state index in [4.69, 9.17) is 0 Å². The van der Waals surface area contributed by atoms with Gasteiger partial charge in [0.25, 0.3) is 0 Å². The summed E-state index contributed by atoms with van der Waals surface area (Å²) in [5, 5.41) is 16.0. The number of nitrogens with zero attached hydrogens (tertiary/aromatic N) is 3. The molecule has 2 aromatic heterocycles. The first-order chi connectivity index (χ1) is 14.9. The Hall–Kier alpha value is -4.06. The molecule has 0 spiro atoms. The summed E-state index contributed by atoms with van der Waals surface area (Å²) in [6.45, 7) is 0. The number of carbonyl (C=O) groups is 1. The van der Waals surface area contributed by atoms with Crippen LogP contribution in [0.1, 0.15) is 0 Å². The molecule has 0 unspecified atom stereocenters. The second kappa shape index (κ2) is 7.02. The van der Waals surface area contributed by atoms with E-state index in [0.29, 0.717) is 11.4 Å². The summed E-state index contributed by atoms with van der Waals surface area (Å²) in [5.74, 6) is -1.91. The van der Waals surface area contributed by atoms with Crippen molar-refractivity contribution in [3.05, 3.63) is 54.6 Å². The Bertz CT molecular complexity index is 1450. The Labute approximate surface area is 174 Å². The highest BCUT2D eigenvalue weighted by atomic mass is 32.2. The van der Waals surface area contributed by atoms with Crippen LogP contribution in [0.3, 0.4) is 0 Å². The molecule has 2 aromatic carbocycles. The number of fused-ring (bicyclic) bond motifs is 2.